The molecule has 0 saturated carbocycles. The summed E-state index contributed by atoms with van der Waals surface area (Å²) in [5, 5.41) is 0.857. The van der Waals surface area contributed by atoms with E-state index in [4.69, 9.17) is 14.2 Å². The highest BCUT2D eigenvalue weighted by Crippen LogP contribution is 2.42. The van der Waals surface area contributed by atoms with E-state index < -0.39 is 0 Å². The fourth-order valence-corrected chi connectivity index (χ4v) is 6.95. The summed E-state index contributed by atoms with van der Waals surface area (Å²) in [5.41, 5.74) is 6.88. The minimum Gasteiger partial charge on any atom is -0.492 e. The van der Waals surface area contributed by atoms with E-state index in [2.05, 4.69) is 27.7 Å². The van der Waals surface area contributed by atoms with Crippen LogP contribution in [0.5, 0.6) is 17.2 Å². The maximum atomic E-state index is 14.6. The number of rotatable bonds is 9. The highest BCUT2D eigenvalue weighted by Gasteiger charge is 2.29. The SMILES string of the molecule is CC(=O)Oc1ccc(-c2ccc3c(c2)c(C(=O)c2ccc(OCCN4CCCCC4)cc2)c2n3CCc3cc(OC(C)=O)ccc3-2)cc1. The van der Waals surface area contributed by atoms with Gasteiger partial charge in [0.2, 0.25) is 0 Å². The standard InChI is InChI=1S/C40H38N2O6/c1-26(43)47-33-13-6-28(7-14-33)30-10-17-37-36(25-30)38(39-35-16-15-34(48-27(2)44)24-31(35)18-21-42(37)39)40(45)29-8-11-32(12-9-29)46-23-22-41-19-4-3-5-20-41/h6-17,24-25H,3-5,18-23H2,1-2H3. The number of ether oxygens (including phenoxy) is 3. The van der Waals surface area contributed by atoms with Crippen LogP contribution in [0.25, 0.3) is 33.3 Å². The molecule has 0 amide bonds. The Labute approximate surface area is 279 Å². The van der Waals surface area contributed by atoms with Gasteiger partial charge in [-0.15, -0.1) is 0 Å². The van der Waals surface area contributed by atoms with Gasteiger partial charge in [-0.1, -0.05) is 24.6 Å². The van der Waals surface area contributed by atoms with Gasteiger partial charge in [0.25, 0.3) is 0 Å². The lowest BCUT2D eigenvalue weighted by Gasteiger charge is -2.26. The normalized spacial score (nSPS) is 14.2. The predicted molar refractivity (Wildman–Crippen MR) is 185 cm³/mol. The van der Waals surface area contributed by atoms with E-state index in [9.17, 15) is 14.4 Å². The largest absolute Gasteiger partial charge is 0.492 e. The number of piperidine rings is 1. The summed E-state index contributed by atoms with van der Waals surface area (Å²) in [6.45, 7) is 7.21. The third-order valence-corrected chi connectivity index (χ3v) is 9.18. The Hall–Kier alpha value is -5.21. The lowest BCUT2D eigenvalue weighted by molar-refractivity contribution is -0.132. The number of ketones is 1. The highest BCUT2D eigenvalue weighted by atomic mass is 16.5. The molecule has 1 aromatic heterocycles. The molecule has 1 saturated heterocycles. The first-order valence-corrected chi connectivity index (χ1v) is 16.6. The third kappa shape index (κ3) is 6.49. The Morgan fingerprint density at radius 2 is 1.35 bits per heavy atom. The van der Waals surface area contributed by atoms with Crippen LogP contribution < -0.4 is 14.2 Å². The lowest BCUT2D eigenvalue weighted by Crippen LogP contribution is -2.33. The van der Waals surface area contributed by atoms with E-state index in [0.717, 1.165) is 70.7 Å². The van der Waals surface area contributed by atoms with E-state index in [1.165, 1.54) is 33.1 Å². The summed E-state index contributed by atoms with van der Waals surface area (Å²) in [7, 11) is 0. The van der Waals surface area contributed by atoms with Gasteiger partial charge in [-0.25, -0.2) is 0 Å². The molecule has 5 aromatic rings. The monoisotopic (exact) mass is 642 g/mol. The first-order chi connectivity index (χ1) is 23.3. The van der Waals surface area contributed by atoms with E-state index in [1.807, 2.05) is 48.5 Å². The number of hydrogen-bond donors (Lipinski definition) is 0. The van der Waals surface area contributed by atoms with E-state index in [0.29, 0.717) is 35.8 Å². The molecule has 48 heavy (non-hydrogen) atoms. The van der Waals surface area contributed by atoms with Gasteiger partial charge in [-0.05, 0) is 116 Å². The van der Waals surface area contributed by atoms with Crippen LogP contribution in [0.4, 0.5) is 0 Å². The first-order valence-electron chi connectivity index (χ1n) is 16.6. The quantitative estimate of drug-likeness (QED) is 0.0936. The predicted octanol–water partition coefficient (Wildman–Crippen LogP) is 7.48. The first kappa shape index (κ1) is 31.4. The number of nitrogens with zero attached hydrogens (tertiary/aromatic N) is 2. The number of esters is 2. The maximum absolute atomic E-state index is 14.6. The molecule has 244 valence electrons. The lowest BCUT2D eigenvalue weighted by atomic mass is 9.92. The van der Waals surface area contributed by atoms with Gasteiger partial charge in [0, 0.05) is 49.0 Å². The fourth-order valence-electron chi connectivity index (χ4n) is 6.95. The molecule has 1 fully saturated rings. The Morgan fingerprint density at radius 3 is 2.08 bits per heavy atom. The molecular formula is C40H38N2O6. The van der Waals surface area contributed by atoms with Gasteiger partial charge in [-0.2, -0.15) is 0 Å². The van der Waals surface area contributed by atoms with Crippen molar-refractivity contribution in [2.45, 2.75) is 46.1 Å². The number of hydrogen-bond acceptors (Lipinski definition) is 7. The van der Waals surface area contributed by atoms with Crippen LogP contribution in [0.1, 0.15) is 54.6 Å². The second-order valence-electron chi connectivity index (χ2n) is 12.5. The molecule has 0 bridgehead atoms. The van der Waals surface area contributed by atoms with Crippen molar-refractivity contribution < 1.29 is 28.6 Å². The zero-order chi connectivity index (χ0) is 33.2. The molecule has 0 N–H and O–H groups in total. The molecule has 2 aliphatic rings. The van der Waals surface area contributed by atoms with Gasteiger partial charge in [0.1, 0.15) is 23.9 Å². The second kappa shape index (κ2) is 13.5. The maximum Gasteiger partial charge on any atom is 0.308 e. The second-order valence-corrected chi connectivity index (χ2v) is 12.5. The molecule has 0 atom stereocenters. The van der Waals surface area contributed by atoms with Crippen LogP contribution in [0.2, 0.25) is 0 Å². The summed E-state index contributed by atoms with van der Waals surface area (Å²) in [6.07, 6.45) is 4.53. The number of likely N-dealkylation sites (tertiary alicyclic amines) is 1. The third-order valence-electron chi connectivity index (χ3n) is 9.18. The molecule has 4 aromatic carbocycles. The van der Waals surface area contributed by atoms with Crippen LogP contribution in [0, 0.1) is 0 Å². The van der Waals surface area contributed by atoms with E-state index in [1.54, 1.807) is 18.2 Å². The van der Waals surface area contributed by atoms with Crippen LogP contribution in [-0.2, 0) is 22.6 Å². The van der Waals surface area contributed by atoms with Crippen molar-refractivity contribution in [3.63, 3.8) is 0 Å². The van der Waals surface area contributed by atoms with E-state index >= 15 is 0 Å². The van der Waals surface area contributed by atoms with Crippen molar-refractivity contribution in [3.05, 3.63) is 102 Å². The topological polar surface area (TPSA) is 87.1 Å². The van der Waals surface area contributed by atoms with Crippen molar-refractivity contribution >= 4 is 28.6 Å². The van der Waals surface area contributed by atoms with Crippen LogP contribution in [0.3, 0.4) is 0 Å². The molecule has 8 nitrogen and oxygen atoms in total. The molecule has 7 rings (SSSR count). The van der Waals surface area contributed by atoms with Crippen molar-refractivity contribution in [2.75, 3.05) is 26.2 Å². The Balaban J connectivity index is 1.26. The molecule has 0 radical (unpaired) electrons. The van der Waals surface area contributed by atoms with Crippen LogP contribution in [0.15, 0.2) is 84.9 Å². The number of aromatic nitrogens is 1. The summed E-state index contributed by atoms with van der Waals surface area (Å²) in [4.78, 5) is 40.1. The summed E-state index contributed by atoms with van der Waals surface area (Å²) in [5.74, 6) is 0.898. The van der Waals surface area contributed by atoms with Gasteiger partial charge in [0.05, 0.1) is 11.3 Å². The van der Waals surface area contributed by atoms with Crippen molar-refractivity contribution in [1.29, 1.82) is 0 Å². The van der Waals surface area contributed by atoms with Crippen LogP contribution >= 0.6 is 0 Å². The minimum absolute atomic E-state index is 0.0760. The molecule has 0 unspecified atom stereocenters. The molecule has 0 spiro atoms. The van der Waals surface area contributed by atoms with E-state index in [-0.39, 0.29) is 17.7 Å². The zero-order valence-corrected chi connectivity index (χ0v) is 27.3. The number of carbonyl (C=O) groups is 3. The fraction of sp³-hybridized carbons (Fsp3) is 0.275. The molecular weight excluding hydrogens is 604 g/mol. The average molecular weight is 643 g/mol. The molecule has 2 aliphatic heterocycles. The summed E-state index contributed by atoms with van der Waals surface area (Å²) >= 11 is 0. The number of benzene rings is 4. The molecule has 0 aliphatic carbocycles. The number of fused-ring (bicyclic) bond motifs is 5. The smallest absolute Gasteiger partial charge is 0.308 e. The Morgan fingerprint density at radius 1 is 0.688 bits per heavy atom. The average Bonchev–Trinajstić information content (AvgIpc) is 3.42. The number of carbonyl (C=O) groups excluding carboxylic acids is 3. The van der Waals surface area contributed by atoms with Crippen molar-refractivity contribution in [3.8, 4) is 39.6 Å². The molecule has 3 heterocycles. The Kier molecular flexibility index (Phi) is 8.82. The highest BCUT2D eigenvalue weighted by molar-refractivity contribution is 6.21. The van der Waals surface area contributed by atoms with Crippen molar-refractivity contribution in [1.82, 2.24) is 9.47 Å². The zero-order valence-electron chi connectivity index (χ0n) is 27.3. The van der Waals surface area contributed by atoms with Crippen LogP contribution in [-0.4, -0.2) is 53.4 Å². The Bertz CT molecular complexity index is 2000. The molecule has 8 heteroatoms. The van der Waals surface area contributed by atoms with Crippen molar-refractivity contribution in [2.24, 2.45) is 0 Å². The minimum atomic E-state index is -0.372. The van der Waals surface area contributed by atoms with Gasteiger partial charge in [0.15, 0.2) is 5.78 Å². The van der Waals surface area contributed by atoms with Gasteiger partial charge >= 0.3 is 11.9 Å². The summed E-state index contributed by atoms with van der Waals surface area (Å²) < 4.78 is 18.9. The van der Waals surface area contributed by atoms with Gasteiger partial charge < -0.3 is 18.8 Å². The van der Waals surface area contributed by atoms with Gasteiger partial charge in [-0.3, -0.25) is 19.3 Å². The summed E-state index contributed by atoms with van der Waals surface area (Å²) in [6, 6.07) is 26.6. The number of aryl methyl sites for hydroxylation is 2.